The lowest BCUT2D eigenvalue weighted by molar-refractivity contribution is 0.600. The molecule has 0 bridgehead atoms. The molecule has 1 aromatic carbocycles. The van der Waals surface area contributed by atoms with Gasteiger partial charge in [-0.3, -0.25) is 0 Å². The van der Waals surface area contributed by atoms with Crippen LogP contribution in [0.1, 0.15) is 5.56 Å². The molecule has 0 aliphatic heterocycles. The molecule has 0 aliphatic rings. The van der Waals surface area contributed by atoms with Gasteiger partial charge in [-0.15, -0.1) is 11.8 Å². The van der Waals surface area contributed by atoms with Crippen LogP contribution in [0.5, 0.6) is 0 Å². The lowest BCUT2D eigenvalue weighted by Crippen LogP contribution is -2.28. The van der Waals surface area contributed by atoms with Gasteiger partial charge in [0, 0.05) is 19.3 Å². The minimum atomic E-state index is -3.07. The van der Waals surface area contributed by atoms with E-state index >= 15 is 0 Å². The number of thioether (sulfide) groups is 1. The van der Waals surface area contributed by atoms with E-state index in [0.29, 0.717) is 13.1 Å². The Morgan fingerprint density at radius 3 is 2.39 bits per heavy atom. The lowest BCUT2D eigenvalue weighted by atomic mass is 10.2. The number of nitrogens with zero attached hydrogens (tertiary/aromatic N) is 2. The second-order valence-electron chi connectivity index (χ2n) is 5.24. The summed E-state index contributed by atoms with van der Waals surface area (Å²) < 4.78 is 36.0. The van der Waals surface area contributed by atoms with Crippen LogP contribution in [0.25, 0.3) is 0 Å². The SMILES string of the molecule is CSc1ccc(N(CCS(C)(=O)=O)Cc2ccc(F)cc2)cn1. The van der Waals surface area contributed by atoms with E-state index in [0.717, 1.165) is 16.3 Å². The summed E-state index contributed by atoms with van der Waals surface area (Å²) in [4.78, 5) is 6.27. The minimum Gasteiger partial charge on any atom is -0.365 e. The number of hydrogen-bond acceptors (Lipinski definition) is 5. The van der Waals surface area contributed by atoms with E-state index < -0.39 is 9.84 Å². The van der Waals surface area contributed by atoms with Crippen molar-refractivity contribution in [2.45, 2.75) is 11.6 Å². The van der Waals surface area contributed by atoms with Gasteiger partial charge < -0.3 is 4.90 Å². The molecule has 0 saturated carbocycles. The van der Waals surface area contributed by atoms with Crippen LogP contribution in [0.15, 0.2) is 47.6 Å². The summed E-state index contributed by atoms with van der Waals surface area (Å²) in [5.41, 5.74) is 1.75. The summed E-state index contributed by atoms with van der Waals surface area (Å²) >= 11 is 1.55. The third-order valence-electron chi connectivity index (χ3n) is 3.31. The first-order chi connectivity index (χ1) is 10.9. The third-order valence-corrected chi connectivity index (χ3v) is 4.90. The smallest absolute Gasteiger partial charge is 0.149 e. The van der Waals surface area contributed by atoms with Gasteiger partial charge in [-0.05, 0) is 36.1 Å². The van der Waals surface area contributed by atoms with Gasteiger partial charge in [0.1, 0.15) is 15.7 Å². The Morgan fingerprint density at radius 1 is 1.17 bits per heavy atom. The largest absolute Gasteiger partial charge is 0.365 e. The van der Waals surface area contributed by atoms with Crippen molar-refractivity contribution in [3.05, 3.63) is 54.0 Å². The zero-order valence-corrected chi connectivity index (χ0v) is 14.7. The molecule has 2 rings (SSSR count). The second kappa shape index (κ2) is 7.79. The van der Waals surface area contributed by atoms with Crippen LogP contribution in [0.3, 0.4) is 0 Å². The number of anilines is 1. The average molecular weight is 354 g/mol. The van der Waals surface area contributed by atoms with Gasteiger partial charge in [0.15, 0.2) is 0 Å². The molecule has 23 heavy (non-hydrogen) atoms. The molecule has 1 heterocycles. The second-order valence-corrected chi connectivity index (χ2v) is 8.32. The topological polar surface area (TPSA) is 50.3 Å². The molecule has 124 valence electrons. The standard InChI is InChI=1S/C16H19FN2O2S2/c1-22-16-8-7-15(11-18-16)19(9-10-23(2,20)21)12-13-3-5-14(17)6-4-13/h3-8,11H,9-10,12H2,1-2H3. The van der Waals surface area contributed by atoms with E-state index in [1.54, 1.807) is 30.1 Å². The van der Waals surface area contributed by atoms with Crippen molar-refractivity contribution >= 4 is 27.3 Å². The summed E-state index contributed by atoms with van der Waals surface area (Å²) in [6.07, 6.45) is 4.90. The molecule has 4 nitrogen and oxygen atoms in total. The van der Waals surface area contributed by atoms with Crippen LogP contribution in [-0.2, 0) is 16.4 Å². The Kier molecular flexibility index (Phi) is 6.01. The van der Waals surface area contributed by atoms with Gasteiger partial charge in [-0.1, -0.05) is 12.1 Å². The fourth-order valence-corrected chi connectivity index (χ4v) is 2.98. The van der Waals surface area contributed by atoms with Crippen LogP contribution < -0.4 is 4.90 Å². The monoisotopic (exact) mass is 354 g/mol. The van der Waals surface area contributed by atoms with E-state index in [-0.39, 0.29) is 11.6 Å². The van der Waals surface area contributed by atoms with Crippen molar-refractivity contribution in [2.75, 3.05) is 29.7 Å². The van der Waals surface area contributed by atoms with Crippen molar-refractivity contribution in [1.29, 1.82) is 0 Å². The van der Waals surface area contributed by atoms with Crippen LogP contribution >= 0.6 is 11.8 Å². The maximum absolute atomic E-state index is 13.0. The average Bonchev–Trinajstić information content (AvgIpc) is 2.52. The molecule has 1 aromatic heterocycles. The summed E-state index contributed by atoms with van der Waals surface area (Å²) in [5, 5.41) is 0.901. The van der Waals surface area contributed by atoms with Gasteiger partial charge >= 0.3 is 0 Å². The number of hydrogen-bond donors (Lipinski definition) is 0. The third kappa shape index (κ3) is 5.84. The first-order valence-electron chi connectivity index (χ1n) is 7.04. The van der Waals surface area contributed by atoms with Gasteiger partial charge in [-0.2, -0.15) is 0 Å². The van der Waals surface area contributed by atoms with Crippen molar-refractivity contribution in [1.82, 2.24) is 4.98 Å². The molecule has 7 heteroatoms. The van der Waals surface area contributed by atoms with E-state index in [1.807, 2.05) is 23.3 Å². The lowest BCUT2D eigenvalue weighted by Gasteiger charge is -2.24. The number of halogens is 1. The Morgan fingerprint density at radius 2 is 1.87 bits per heavy atom. The number of aromatic nitrogens is 1. The van der Waals surface area contributed by atoms with Crippen LogP contribution in [0, 0.1) is 5.82 Å². The fraction of sp³-hybridized carbons (Fsp3) is 0.312. The number of benzene rings is 1. The molecule has 0 aliphatic carbocycles. The van der Waals surface area contributed by atoms with E-state index in [1.165, 1.54) is 18.4 Å². The normalized spacial score (nSPS) is 11.4. The molecular formula is C16H19FN2O2S2. The van der Waals surface area contributed by atoms with Gasteiger partial charge in [0.2, 0.25) is 0 Å². The summed E-state index contributed by atoms with van der Waals surface area (Å²) in [6, 6.07) is 10.0. The predicted molar refractivity (Wildman–Crippen MR) is 93.2 cm³/mol. The van der Waals surface area contributed by atoms with E-state index in [9.17, 15) is 12.8 Å². The first kappa shape index (κ1) is 17.7. The van der Waals surface area contributed by atoms with Crippen molar-refractivity contribution in [2.24, 2.45) is 0 Å². The number of sulfone groups is 1. The zero-order valence-electron chi connectivity index (χ0n) is 13.1. The van der Waals surface area contributed by atoms with Gasteiger partial charge in [-0.25, -0.2) is 17.8 Å². The molecule has 0 radical (unpaired) electrons. The number of pyridine rings is 1. The molecular weight excluding hydrogens is 335 g/mol. The molecule has 0 unspecified atom stereocenters. The molecule has 0 amide bonds. The molecule has 0 fully saturated rings. The highest BCUT2D eigenvalue weighted by Gasteiger charge is 2.12. The van der Waals surface area contributed by atoms with Crippen LogP contribution in [0.2, 0.25) is 0 Å². The van der Waals surface area contributed by atoms with Gasteiger partial charge in [0.05, 0.1) is 22.7 Å². The summed E-state index contributed by atoms with van der Waals surface area (Å²) in [6.45, 7) is 0.854. The highest BCUT2D eigenvalue weighted by atomic mass is 32.2. The predicted octanol–water partition coefficient (Wildman–Crippen LogP) is 2.99. The molecule has 0 atom stereocenters. The fourth-order valence-electron chi connectivity index (χ4n) is 2.07. The Labute approximate surface area is 140 Å². The van der Waals surface area contributed by atoms with Crippen molar-refractivity contribution in [3.8, 4) is 0 Å². The molecule has 0 spiro atoms. The molecule has 0 saturated heterocycles. The van der Waals surface area contributed by atoms with Crippen molar-refractivity contribution < 1.29 is 12.8 Å². The molecule has 0 N–H and O–H groups in total. The summed E-state index contributed by atoms with van der Waals surface area (Å²) in [7, 11) is -3.07. The first-order valence-corrected chi connectivity index (χ1v) is 10.3. The maximum atomic E-state index is 13.0. The molecule has 2 aromatic rings. The van der Waals surface area contributed by atoms with E-state index in [4.69, 9.17) is 0 Å². The maximum Gasteiger partial charge on any atom is 0.149 e. The summed E-state index contributed by atoms with van der Waals surface area (Å²) in [5.74, 6) is -0.235. The van der Waals surface area contributed by atoms with Gasteiger partial charge in [0.25, 0.3) is 0 Å². The Bertz CT molecular complexity index is 732. The van der Waals surface area contributed by atoms with Crippen molar-refractivity contribution in [3.63, 3.8) is 0 Å². The minimum absolute atomic E-state index is 0.0540. The number of rotatable bonds is 7. The zero-order chi connectivity index (χ0) is 16.9. The van der Waals surface area contributed by atoms with Crippen LogP contribution in [-0.4, -0.2) is 38.2 Å². The van der Waals surface area contributed by atoms with Crippen LogP contribution in [0.4, 0.5) is 10.1 Å². The Balaban J connectivity index is 2.20. The highest BCUT2D eigenvalue weighted by molar-refractivity contribution is 7.98. The quantitative estimate of drug-likeness (QED) is 0.716. The van der Waals surface area contributed by atoms with E-state index in [2.05, 4.69) is 4.98 Å². The highest BCUT2D eigenvalue weighted by Crippen LogP contribution is 2.20. The Hall–Kier alpha value is -1.60.